The first-order chi connectivity index (χ1) is 8.63. The van der Waals surface area contributed by atoms with Gasteiger partial charge in [0.05, 0.1) is 6.04 Å². The van der Waals surface area contributed by atoms with Gasteiger partial charge in [-0.15, -0.1) is 0 Å². The number of hydrogen-bond donors (Lipinski definition) is 0. The third-order valence-corrected chi connectivity index (χ3v) is 3.88. The minimum atomic E-state index is -0.0416. The van der Waals surface area contributed by atoms with Gasteiger partial charge in [0, 0.05) is 26.2 Å². The maximum atomic E-state index is 12.3. The molecule has 0 aromatic carbocycles. The number of piperazine rings is 1. The van der Waals surface area contributed by atoms with Crippen molar-refractivity contribution in [2.24, 2.45) is 0 Å². The number of amides is 2. The van der Waals surface area contributed by atoms with Crippen LogP contribution in [-0.2, 0) is 9.59 Å². The Morgan fingerprint density at radius 1 is 1.11 bits per heavy atom. The highest BCUT2D eigenvalue weighted by Gasteiger charge is 2.33. The van der Waals surface area contributed by atoms with Crippen molar-refractivity contribution < 1.29 is 9.59 Å². The maximum absolute atomic E-state index is 12.3. The molecule has 2 saturated heterocycles. The first-order valence-electron chi connectivity index (χ1n) is 6.54. The van der Waals surface area contributed by atoms with Crippen LogP contribution in [0, 0.1) is 0 Å². The average Bonchev–Trinajstić information content (AvgIpc) is 2.83. The van der Waals surface area contributed by atoms with Crippen LogP contribution < -0.4 is 0 Å². The Balaban J connectivity index is 1.87. The van der Waals surface area contributed by atoms with Gasteiger partial charge in [0.1, 0.15) is 0 Å². The van der Waals surface area contributed by atoms with Gasteiger partial charge >= 0.3 is 0 Å². The van der Waals surface area contributed by atoms with E-state index in [4.69, 9.17) is 0 Å². The number of nitrogens with zero attached hydrogens (tertiary/aromatic N) is 3. The number of carbonyl (C=O) groups excluding carboxylic acids is 2. The monoisotopic (exact) mass is 251 g/mol. The summed E-state index contributed by atoms with van der Waals surface area (Å²) in [6.07, 6.45) is 3.39. The Morgan fingerprint density at radius 2 is 1.72 bits per heavy atom. The topological polar surface area (TPSA) is 43.9 Å². The zero-order chi connectivity index (χ0) is 13.1. The van der Waals surface area contributed by atoms with E-state index in [-0.39, 0.29) is 17.9 Å². The van der Waals surface area contributed by atoms with Crippen LogP contribution in [0.5, 0.6) is 0 Å². The van der Waals surface area contributed by atoms with Crippen molar-refractivity contribution in [1.82, 2.24) is 14.7 Å². The Labute approximate surface area is 108 Å². The molecule has 5 heteroatoms. The Hall–Kier alpha value is -1.36. The minimum Gasteiger partial charge on any atom is -0.338 e. The summed E-state index contributed by atoms with van der Waals surface area (Å²) in [5.41, 5.74) is 0. The predicted octanol–water partition coefficient (Wildman–Crippen LogP) is -0.0626. The van der Waals surface area contributed by atoms with Crippen LogP contribution in [0.15, 0.2) is 12.7 Å². The molecule has 2 fully saturated rings. The van der Waals surface area contributed by atoms with Crippen LogP contribution >= 0.6 is 0 Å². The van der Waals surface area contributed by atoms with Crippen LogP contribution in [-0.4, -0.2) is 72.3 Å². The van der Waals surface area contributed by atoms with Gasteiger partial charge in [0.15, 0.2) is 0 Å². The molecule has 5 nitrogen and oxygen atoms in total. The Morgan fingerprint density at radius 3 is 2.22 bits per heavy atom. The SMILES string of the molecule is C=CC(=O)N1CCN(C(=O)C2CCCN2C)CC1. The molecule has 0 saturated carbocycles. The summed E-state index contributed by atoms with van der Waals surface area (Å²) in [7, 11) is 2.01. The van der Waals surface area contributed by atoms with Gasteiger partial charge in [-0.25, -0.2) is 0 Å². The summed E-state index contributed by atoms with van der Waals surface area (Å²) in [5.74, 6) is 0.181. The largest absolute Gasteiger partial charge is 0.338 e. The molecule has 1 atom stereocenters. The lowest BCUT2D eigenvalue weighted by Gasteiger charge is -2.36. The average molecular weight is 251 g/mol. The fourth-order valence-corrected chi connectivity index (χ4v) is 2.71. The summed E-state index contributed by atoms with van der Waals surface area (Å²) < 4.78 is 0. The molecule has 2 amide bonds. The molecule has 2 aliphatic rings. The van der Waals surface area contributed by atoms with E-state index in [0.29, 0.717) is 26.2 Å². The van der Waals surface area contributed by atoms with E-state index in [0.717, 1.165) is 19.4 Å². The van der Waals surface area contributed by atoms with Crippen molar-refractivity contribution in [1.29, 1.82) is 0 Å². The first-order valence-corrected chi connectivity index (χ1v) is 6.54. The molecule has 0 radical (unpaired) electrons. The number of hydrogen-bond acceptors (Lipinski definition) is 3. The molecule has 0 aliphatic carbocycles. The van der Waals surface area contributed by atoms with Gasteiger partial charge in [-0.05, 0) is 32.5 Å². The van der Waals surface area contributed by atoms with Gasteiger partial charge in [0.25, 0.3) is 0 Å². The Bertz CT molecular complexity index is 348. The van der Waals surface area contributed by atoms with Crippen molar-refractivity contribution >= 4 is 11.8 Å². The molecular formula is C13H21N3O2. The van der Waals surface area contributed by atoms with Gasteiger partial charge in [-0.1, -0.05) is 6.58 Å². The fourth-order valence-electron chi connectivity index (χ4n) is 2.71. The molecule has 2 heterocycles. The standard InChI is InChI=1S/C13H21N3O2/c1-3-12(17)15-7-9-16(10-8-15)13(18)11-5-4-6-14(11)2/h3,11H,1,4-10H2,2H3. The quantitative estimate of drug-likeness (QED) is 0.646. The van der Waals surface area contributed by atoms with Crippen molar-refractivity contribution in [2.45, 2.75) is 18.9 Å². The second-order valence-electron chi connectivity index (χ2n) is 4.99. The molecule has 0 aromatic heterocycles. The fraction of sp³-hybridized carbons (Fsp3) is 0.692. The van der Waals surface area contributed by atoms with Crippen molar-refractivity contribution in [3.63, 3.8) is 0 Å². The van der Waals surface area contributed by atoms with Crippen molar-refractivity contribution in [3.05, 3.63) is 12.7 Å². The van der Waals surface area contributed by atoms with Crippen LogP contribution in [0.3, 0.4) is 0 Å². The lowest BCUT2D eigenvalue weighted by atomic mass is 10.1. The van der Waals surface area contributed by atoms with Gasteiger partial charge < -0.3 is 9.80 Å². The molecule has 0 spiro atoms. The van der Waals surface area contributed by atoms with E-state index < -0.39 is 0 Å². The normalized spacial score (nSPS) is 25.3. The van der Waals surface area contributed by atoms with E-state index in [1.807, 2.05) is 11.9 Å². The van der Waals surface area contributed by atoms with E-state index in [9.17, 15) is 9.59 Å². The van der Waals surface area contributed by atoms with Crippen molar-refractivity contribution in [3.8, 4) is 0 Å². The highest BCUT2D eigenvalue weighted by Crippen LogP contribution is 2.18. The summed E-state index contributed by atoms with van der Waals surface area (Å²) in [4.78, 5) is 29.5. The van der Waals surface area contributed by atoms with Gasteiger partial charge in [-0.2, -0.15) is 0 Å². The highest BCUT2D eigenvalue weighted by atomic mass is 16.2. The lowest BCUT2D eigenvalue weighted by Crippen LogP contribution is -2.54. The second kappa shape index (κ2) is 5.52. The molecular weight excluding hydrogens is 230 g/mol. The van der Waals surface area contributed by atoms with Crippen molar-refractivity contribution in [2.75, 3.05) is 39.8 Å². The lowest BCUT2D eigenvalue weighted by molar-refractivity contribution is -0.140. The number of carbonyl (C=O) groups is 2. The van der Waals surface area contributed by atoms with Crippen LogP contribution in [0.1, 0.15) is 12.8 Å². The number of likely N-dealkylation sites (tertiary alicyclic amines) is 1. The number of rotatable bonds is 2. The summed E-state index contributed by atoms with van der Waals surface area (Å²) >= 11 is 0. The zero-order valence-corrected chi connectivity index (χ0v) is 11.0. The molecule has 2 aliphatic heterocycles. The molecule has 0 aromatic rings. The van der Waals surface area contributed by atoms with Gasteiger partial charge in [-0.3, -0.25) is 14.5 Å². The van der Waals surface area contributed by atoms with E-state index in [1.54, 1.807) is 4.90 Å². The van der Waals surface area contributed by atoms with Crippen LogP contribution in [0.4, 0.5) is 0 Å². The summed E-state index contributed by atoms with van der Waals surface area (Å²) in [6.45, 7) is 7.01. The molecule has 100 valence electrons. The van der Waals surface area contributed by atoms with Gasteiger partial charge in [0.2, 0.25) is 11.8 Å². The molecule has 18 heavy (non-hydrogen) atoms. The minimum absolute atomic E-state index is 0.0416. The van der Waals surface area contributed by atoms with Crippen LogP contribution in [0.2, 0.25) is 0 Å². The highest BCUT2D eigenvalue weighted by molar-refractivity contribution is 5.87. The zero-order valence-electron chi connectivity index (χ0n) is 11.0. The summed E-state index contributed by atoms with van der Waals surface area (Å²) in [5, 5.41) is 0. The van der Waals surface area contributed by atoms with E-state index >= 15 is 0 Å². The molecule has 2 rings (SSSR count). The smallest absolute Gasteiger partial charge is 0.246 e. The third-order valence-electron chi connectivity index (χ3n) is 3.88. The first kappa shape index (κ1) is 13.1. The van der Waals surface area contributed by atoms with E-state index in [1.165, 1.54) is 6.08 Å². The number of likely N-dealkylation sites (N-methyl/N-ethyl adjacent to an activating group) is 1. The molecule has 0 N–H and O–H groups in total. The second-order valence-corrected chi connectivity index (χ2v) is 4.99. The Kier molecular flexibility index (Phi) is 4.01. The molecule has 0 bridgehead atoms. The summed E-state index contributed by atoms with van der Waals surface area (Å²) in [6, 6.07) is 0.0478. The maximum Gasteiger partial charge on any atom is 0.246 e. The predicted molar refractivity (Wildman–Crippen MR) is 69.0 cm³/mol. The third kappa shape index (κ3) is 2.56. The molecule has 1 unspecified atom stereocenters. The van der Waals surface area contributed by atoms with E-state index in [2.05, 4.69) is 11.5 Å². The van der Waals surface area contributed by atoms with Crippen LogP contribution in [0.25, 0.3) is 0 Å².